The highest BCUT2D eigenvalue weighted by Gasteiger charge is 2.43. The summed E-state index contributed by atoms with van der Waals surface area (Å²) in [5.74, 6) is -0.895. The van der Waals surface area contributed by atoms with Crippen LogP contribution >= 0.6 is 0 Å². The van der Waals surface area contributed by atoms with Crippen LogP contribution in [0.4, 0.5) is 13.6 Å². The molecule has 1 aromatic carbocycles. The number of hydrogen-bond donors (Lipinski definition) is 0. The first kappa shape index (κ1) is 27.1. The van der Waals surface area contributed by atoms with Crippen LogP contribution in [0.2, 0.25) is 0 Å². The number of aryl methyl sites for hydroxylation is 1. The number of piperidine rings is 2. The van der Waals surface area contributed by atoms with Gasteiger partial charge in [0, 0.05) is 24.7 Å². The molecule has 4 heterocycles. The van der Waals surface area contributed by atoms with E-state index in [4.69, 9.17) is 9.47 Å². The Kier molecular flexibility index (Phi) is 7.35. The molecule has 7 nitrogen and oxygen atoms in total. The molecule has 2 fully saturated rings. The van der Waals surface area contributed by atoms with Crippen molar-refractivity contribution in [3.63, 3.8) is 0 Å². The summed E-state index contributed by atoms with van der Waals surface area (Å²) in [4.78, 5) is 33.0. The van der Waals surface area contributed by atoms with Crippen LogP contribution in [-0.4, -0.2) is 43.8 Å². The second-order valence-corrected chi connectivity index (χ2v) is 11.7. The number of rotatable bonds is 6. The number of carbonyl (C=O) groups is 2. The van der Waals surface area contributed by atoms with E-state index in [0.717, 1.165) is 32.1 Å². The summed E-state index contributed by atoms with van der Waals surface area (Å²) < 4.78 is 41.3. The fraction of sp³-hybridized carbons (Fsp3) is 0.500. The third kappa shape index (κ3) is 5.63. The molecular weight excluding hydrogens is 504 g/mol. The predicted molar refractivity (Wildman–Crippen MR) is 142 cm³/mol. The van der Waals surface area contributed by atoms with Crippen LogP contribution in [0.5, 0.6) is 5.75 Å². The van der Waals surface area contributed by atoms with E-state index in [0.29, 0.717) is 29.2 Å². The zero-order valence-electron chi connectivity index (χ0n) is 22.9. The maximum absolute atomic E-state index is 14.1. The third-order valence-corrected chi connectivity index (χ3v) is 7.64. The van der Waals surface area contributed by atoms with E-state index in [1.165, 1.54) is 18.2 Å². The second kappa shape index (κ2) is 10.6. The lowest BCUT2D eigenvalue weighted by Crippen LogP contribution is -2.56. The van der Waals surface area contributed by atoms with Crippen molar-refractivity contribution >= 4 is 17.5 Å². The number of benzene rings is 1. The summed E-state index contributed by atoms with van der Waals surface area (Å²) in [6.45, 7) is 7.10. The number of amides is 1. The first-order valence-electron chi connectivity index (χ1n) is 13.6. The van der Waals surface area contributed by atoms with Gasteiger partial charge in [-0.1, -0.05) is 6.07 Å². The van der Waals surface area contributed by atoms with E-state index in [-0.39, 0.29) is 42.0 Å². The fourth-order valence-electron chi connectivity index (χ4n) is 6.06. The van der Waals surface area contributed by atoms with E-state index < -0.39 is 17.2 Å². The fourth-order valence-corrected chi connectivity index (χ4v) is 6.06. The number of aromatic nitrogens is 2. The Morgan fingerprint density at radius 2 is 1.72 bits per heavy atom. The molecule has 2 unspecified atom stereocenters. The van der Waals surface area contributed by atoms with Gasteiger partial charge in [-0.25, -0.2) is 18.6 Å². The van der Waals surface area contributed by atoms with Gasteiger partial charge in [0.05, 0.1) is 11.3 Å². The molecule has 1 amide bonds. The van der Waals surface area contributed by atoms with E-state index in [9.17, 15) is 18.4 Å². The number of ether oxygens (including phenoxy) is 2. The van der Waals surface area contributed by atoms with Crippen molar-refractivity contribution in [3.8, 4) is 5.75 Å². The smallest absolute Gasteiger partial charge is 0.410 e. The largest absolute Gasteiger partial charge is 0.485 e. The van der Waals surface area contributed by atoms with Gasteiger partial charge in [0.2, 0.25) is 0 Å². The Hall–Kier alpha value is -3.49. The van der Waals surface area contributed by atoms with Crippen molar-refractivity contribution in [2.75, 3.05) is 0 Å². The van der Waals surface area contributed by atoms with Crippen molar-refractivity contribution in [1.82, 2.24) is 14.3 Å². The molecule has 2 aliphatic rings. The van der Waals surface area contributed by atoms with Gasteiger partial charge in [-0.2, -0.15) is 0 Å². The summed E-state index contributed by atoms with van der Waals surface area (Å²) in [6.07, 6.45) is 6.27. The molecular formula is C30H35F2N3O4. The first-order valence-corrected chi connectivity index (χ1v) is 13.6. The molecule has 2 atom stereocenters. The van der Waals surface area contributed by atoms with Gasteiger partial charge >= 0.3 is 6.09 Å². The molecule has 5 rings (SSSR count). The Morgan fingerprint density at radius 3 is 2.36 bits per heavy atom. The lowest BCUT2D eigenvalue weighted by Gasteiger charge is -2.48. The third-order valence-electron chi connectivity index (χ3n) is 7.64. The van der Waals surface area contributed by atoms with Crippen molar-refractivity contribution < 1.29 is 27.8 Å². The van der Waals surface area contributed by atoms with E-state index in [1.54, 1.807) is 29.7 Å². The van der Waals surface area contributed by atoms with Gasteiger partial charge in [0.15, 0.2) is 17.2 Å². The normalized spacial score (nSPS) is 21.2. The summed E-state index contributed by atoms with van der Waals surface area (Å²) >= 11 is 0. The van der Waals surface area contributed by atoms with Gasteiger partial charge in [-0.15, -0.1) is 0 Å². The molecule has 2 saturated heterocycles. The highest BCUT2D eigenvalue weighted by atomic mass is 19.1. The number of halogens is 2. The summed E-state index contributed by atoms with van der Waals surface area (Å²) in [5.41, 5.74) is 0.755. The maximum atomic E-state index is 14.1. The van der Waals surface area contributed by atoms with Crippen molar-refractivity contribution in [2.24, 2.45) is 5.92 Å². The quantitative estimate of drug-likeness (QED) is 0.328. The highest BCUT2D eigenvalue weighted by Crippen LogP contribution is 2.40. The zero-order valence-corrected chi connectivity index (χ0v) is 22.9. The number of hydrogen-bond acceptors (Lipinski definition) is 5. The van der Waals surface area contributed by atoms with Crippen LogP contribution in [0, 0.1) is 24.5 Å². The van der Waals surface area contributed by atoms with Crippen LogP contribution in [0.15, 0.2) is 36.5 Å². The zero-order chi connectivity index (χ0) is 27.9. The number of carbonyl (C=O) groups excluding carboxylic acids is 2. The van der Waals surface area contributed by atoms with Crippen LogP contribution < -0.4 is 4.74 Å². The number of imidazole rings is 1. The van der Waals surface area contributed by atoms with Gasteiger partial charge in [0.1, 0.15) is 29.5 Å². The maximum Gasteiger partial charge on any atom is 0.410 e. The van der Waals surface area contributed by atoms with Gasteiger partial charge in [-0.3, -0.25) is 9.20 Å². The molecule has 2 aromatic heterocycles. The molecule has 0 saturated carbocycles. The van der Waals surface area contributed by atoms with E-state index in [1.807, 2.05) is 25.7 Å². The van der Waals surface area contributed by atoms with Crippen LogP contribution in [-0.2, 0) is 11.3 Å². The minimum Gasteiger partial charge on any atom is -0.485 e. The standard InChI is InChI=1S/C30H35F2N3O4/c1-18-27(34-13-7-12-26(28(34)33-18)38-17-22-23(31)10-6-11-24(22)32)25(36)16-19-14-20-8-5-9-21(15-19)35(20)29(37)39-30(2,3)4/h6-7,10-13,19-21H,5,8-9,14-17H2,1-4H3. The first-order chi connectivity index (χ1) is 18.5. The lowest BCUT2D eigenvalue weighted by molar-refractivity contribution is -0.0280. The van der Waals surface area contributed by atoms with Gasteiger partial charge in [-0.05, 0) is 90.0 Å². The molecule has 0 aliphatic carbocycles. The SMILES string of the molecule is Cc1nc2c(OCc3c(F)cccc3F)cccn2c1C(=O)CC1CC2CCCC(C1)N2C(=O)OC(C)(C)C. The molecule has 39 heavy (non-hydrogen) atoms. The Morgan fingerprint density at radius 1 is 1.05 bits per heavy atom. The van der Waals surface area contributed by atoms with Crippen molar-refractivity contribution in [1.29, 1.82) is 0 Å². The van der Waals surface area contributed by atoms with Gasteiger partial charge < -0.3 is 14.4 Å². The number of Topliss-reactive ketones (excluding diaryl/α,β-unsaturated/α-hetero) is 1. The highest BCUT2D eigenvalue weighted by molar-refractivity contribution is 5.97. The summed E-state index contributed by atoms with van der Waals surface area (Å²) in [7, 11) is 0. The summed E-state index contributed by atoms with van der Waals surface area (Å²) in [5, 5.41) is 0. The Labute approximate surface area is 227 Å². The molecule has 0 N–H and O–H groups in total. The Balaban J connectivity index is 1.31. The predicted octanol–water partition coefficient (Wildman–Crippen LogP) is 6.64. The van der Waals surface area contributed by atoms with E-state index in [2.05, 4.69) is 4.98 Å². The topological polar surface area (TPSA) is 73.1 Å². The van der Waals surface area contributed by atoms with Crippen molar-refractivity contribution in [3.05, 3.63) is 65.1 Å². The molecule has 208 valence electrons. The molecule has 0 radical (unpaired) electrons. The monoisotopic (exact) mass is 539 g/mol. The Bertz CT molecular complexity index is 1360. The molecule has 2 aliphatic heterocycles. The number of fused-ring (bicyclic) bond motifs is 3. The van der Waals surface area contributed by atoms with Crippen LogP contribution in [0.25, 0.3) is 5.65 Å². The van der Waals surface area contributed by atoms with E-state index >= 15 is 0 Å². The van der Waals surface area contributed by atoms with Crippen LogP contribution in [0.3, 0.4) is 0 Å². The summed E-state index contributed by atoms with van der Waals surface area (Å²) in [6, 6.07) is 7.22. The van der Waals surface area contributed by atoms with Gasteiger partial charge in [0.25, 0.3) is 0 Å². The molecule has 0 spiro atoms. The number of pyridine rings is 1. The van der Waals surface area contributed by atoms with Crippen LogP contribution in [0.1, 0.15) is 81.0 Å². The number of nitrogens with zero attached hydrogens (tertiary/aromatic N) is 3. The second-order valence-electron chi connectivity index (χ2n) is 11.7. The lowest BCUT2D eigenvalue weighted by atomic mass is 9.76. The van der Waals surface area contributed by atoms with Crippen molar-refractivity contribution in [2.45, 2.75) is 90.5 Å². The minimum atomic E-state index is -0.681. The molecule has 2 bridgehead atoms. The molecule has 9 heteroatoms. The number of ketones is 1. The molecule has 3 aromatic rings. The average molecular weight is 540 g/mol. The minimum absolute atomic E-state index is 0.0221. The average Bonchev–Trinajstić information content (AvgIpc) is 3.18.